The van der Waals surface area contributed by atoms with E-state index in [1.165, 1.54) is 45.4 Å². The van der Waals surface area contributed by atoms with Crippen molar-refractivity contribution in [3.8, 4) is 0 Å². The van der Waals surface area contributed by atoms with E-state index in [2.05, 4.69) is 9.80 Å². The third-order valence-electron chi connectivity index (χ3n) is 4.94. The second-order valence-corrected chi connectivity index (χ2v) is 6.23. The fourth-order valence-electron chi connectivity index (χ4n) is 3.72. The van der Waals surface area contributed by atoms with Gasteiger partial charge in [0.2, 0.25) is 0 Å². The zero-order valence-corrected chi connectivity index (χ0v) is 11.4. The number of hydrogen-bond donors (Lipinski definition) is 1. The van der Waals surface area contributed by atoms with Gasteiger partial charge in [-0.2, -0.15) is 0 Å². The third kappa shape index (κ3) is 2.87. The van der Waals surface area contributed by atoms with Gasteiger partial charge < -0.3 is 15.4 Å². The molecule has 3 saturated heterocycles. The summed E-state index contributed by atoms with van der Waals surface area (Å²) in [5.41, 5.74) is 6.32. The smallest absolute Gasteiger partial charge is 0.0510 e. The SMILES string of the molecule is NC(CN1CCC(N2CCCC2)C1)C1CCOC1. The molecule has 0 amide bonds. The van der Waals surface area contributed by atoms with Gasteiger partial charge in [0.1, 0.15) is 0 Å². The molecule has 0 aliphatic carbocycles. The molecule has 4 heteroatoms. The highest BCUT2D eigenvalue weighted by Crippen LogP contribution is 2.22. The van der Waals surface area contributed by atoms with Crippen molar-refractivity contribution < 1.29 is 4.74 Å². The monoisotopic (exact) mass is 253 g/mol. The summed E-state index contributed by atoms with van der Waals surface area (Å²) in [5, 5.41) is 0. The number of rotatable bonds is 4. The first kappa shape index (κ1) is 12.9. The highest BCUT2D eigenvalue weighted by Gasteiger charge is 2.31. The molecule has 3 heterocycles. The van der Waals surface area contributed by atoms with Crippen molar-refractivity contribution >= 4 is 0 Å². The molecule has 2 N–H and O–H groups in total. The van der Waals surface area contributed by atoms with E-state index in [1.54, 1.807) is 0 Å². The molecule has 0 radical (unpaired) electrons. The number of hydrogen-bond acceptors (Lipinski definition) is 4. The molecule has 0 bridgehead atoms. The number of likely N-dealkylation sites (tertiary alicyclic amines) is 2. The zero-order chi connectivity index (χ0) is 12.4. The van der Waals surface area contributed by atoms with Crippen molar-refractivity contribution in [3.05, 3.63) is 0 Å². The molecule has 3 aliphatic heterocycles. The third-order valence-corrected chi connectivity index (χ3v) is 4.94. The minimum atomic E-state index is 0.310. The molecule has 0 aromatic heterocycles. The first-order chi connectivity index (χ1) is 8.83. The summed E-state index contributed by atoms with van der Waals surface area (Å²) in [6, 6.07) is 1.12. The summed E-state index contributed by atoms with van der Waals surface area (Å²) in [7, 11) is 0. The molecule has 3 atom stereocenters. The highest BCUT2D eigenvalue weighted by atomic mass is 16.5. The van der Waals surface area contributed by atoms with Crippen LogP contribution in [0.3, 0.4) is 0 Å². The minimum absolute atomic E-state index is 0.310. The van der Waals surface area contributed by atoms with Crippen LogP contribution in [0.2, 0.25) is 0 Å². The van der Waals surface area contributed by atoms with Crippen LogP contribution in [0.5, 0.6) is 0 Å². The van der Waals surface area contributed by atoms with E-state index in [-0.39, 0.29) is 0 Å². The normalized spacial score (nSPS) is 36.5. The van der Waals surface area contributed by atoms with Gasteiger partial charge in [-0.15, -0.1) is 0 Å². The first-order valence-corrected chi connectivity index (χ1v) is 7.62. The Morgan fingerprint density at radius 2 is 2.00 bits per heavy atom. The molecule has 0 spiro atoms. The number of ether oxygens (including phenoxy) is 1. The van der Waals surface area contributed by atoms with Crippen LogP contribution in [0.4, 0.5) is 0 Å². The van der Waals surface area contributed by atoms with Crippen LogP contribution in [0.1, 0.15) is 25.7 Å². The van der Waals surface area contributed by atoms with Crippen molar-refractivity contribution in [2.45, 2.75) is 37.8 Å². The summed E-state index contributed by atoms with van der Waals surface area (Å²) >= 11 is 0. The Bertz CT molecular complexity index is 262. The van der Waals surface area contributed by atoms with Crippen molar-refractivity contribution in [1.29, 1.82) is 0 Å². The van der Waals surface area contributed by atoms with Crippen molar-refractivity contribution in [2.75, 3.05) is 45.9 Å². The number of nitrogens with zero attached hydrogens (tertiary/aromatic N) is 2. The van der Waals surface area contributed by atoms with E-state index in [1.807, 2.05) is 0 Å². The maximum atomic E-state index is 6.32. The summed E-state index contributed by atoms with van der Waals surface area (Å²) in [6.07, 6.45) is 5.29. The molecule has 3 aliphatic rings. The van der Waals surface area contributed by atoms with E-state index in [9.17, 15) is 0 Å². The van der Waals surface area contributed by atoms with E-state index in [4.69, 9.17) is 10.5 Å². The maximum absolute atomic E-state index is 6.32. The first-order valence-electron chi connectivity index (χ1n) is 7.62. The fourth-order valence-corrected chi connectivity index (χ4v) is 3.72. The Labute approximate surface area is 110 Å². The standard InChI is InChI=1S/C14H27N3O/c15-14(12-4-8-18-11-12)10-16-7-3-13(9-16)17-5-1-2-6-17/h12-14H,1-11,15H2. The second kappa shape index (κ2) is 5.87. The van der Waals surface area contributed by atoms with Crippen molar-refractivity contribution in [2.24, 2.45) is 11.7 Å². The van der Waals surface area contributed by atoms with Crippen LogP contribution in [0.25, 0.3) is 0 Å². The maximum Gasteiger partial charge on any atom is 0.0510 e. The molecule has 3 unspecified atom stereocenters. The fraction of sp³-hybridized carbons (Fsp3) is 1.00. The summed E-state index contributed by atoms with van der Waals surface area (Å²) in [6.45, 7) is 7.98. The Hall–Kier alpha value is -0.160. The lowest BCUT2D eigenvalue weighted by Gasteiger charge is -2.26. The molecule has 104 valence electrons. The quantitative estimate of drug-likeness (QED) is 0.793. The molecule has 4 nitrogen and oxygen atoms in total. The average molecular weight is 253 g/mol. The van der Waals surface area contributed by atoms with Gasteiger partial charge >= 0.3 is 0 Å². The average Bonchev–Trinajstić information content (AvgIpc) is 3.12. The predicted octanol–water partition coefficient (Wildman–Crippen LogP) is 0.520. The van der Waals surface area contributed by atoms with Crippen LogP contribution < -0.4 is 5.73 Å². The van der Waals surface area contributed by atoms with Gasteiger partial charge in [-0.3, -0.25) is 4.90 Å². The molecule has 3 fully saturated rings. The molecular formula is C14H27N3O. The zero-order valence-electron chi connectivity index (χ0n) is 11.4. The lowest BCUT2D eigenvalue weighted by molar-refractivity contribution is 0.171. The molecule has 18 heavy (non-hydrogen) atoms. The second-order valence-electron chi connectivity index (χ2n) is 6.23. The van der Waals surface area contributed by atoms with E-state index in [0.29, 0.717) is 12.0 Å². The van der Waals surface area contributed by atoms with Crippen LogP contribution in [-0.2, 0) is 4.74 Å². The molecule has 0 aromatic rings. The Kier molecular flexibility index (Phi) is 4.19. The van der Waals surface area contributed by atoms with Crippen LogP contribution in [0, 0.1) is 5.92 Å². The van der Waals surface area contributed by atoms with Crippen molar-refractivity contribution in [3.63, 3.8) is 0 Å². The van der Waals surface area contributed by atoms with Gasteiger partial charge in [0.15, 0.2) is 0 Å². The van der Waals surface area contributed by atoms with Crippen molar-refractivity contribution in [1.82, 2.24) is 9.80 Å². The molecule has 0 saturated carbocycles. The lowest BCUT2D eigenvalue weighted by atomic mass is 10.00. The van der Waals surface area contributed by atoms with E-state index in [0.717, 1.165) is 32.2 Å². The Balaban J connectivity index is 1.43. The van der Waals surface area contributed by atoms with E-state index >= 15 is 0 Å². The minimum Gasteiger partial charge on any atom is -0.381 e. The van der Waals surface area contributed by atoms with Crippen LogP contribution in [0.15, 0.2) is 0 Å². The van der Waals surface area contributed by atoms with Gasteiger partial charge in [-0.05, 0) is 45.3 Å². The summed E-state index contributed by atoms with van der Waals surface area (Å²) < 4.78 is 5.44. The largest absolute Gasteiger partial charge is 0.381 e. The lowest BCUT2D eigenvalue weighted by Crippen LogP contribution is -2.43. The molecule has 0 aromatic carbocycles. The van der Waals surface area contributed by atoms with Crippen LogP contribution >= 0.6 is 0 Å². The van der Waals surface area contributed by atoms with Crippen LogP contribution in [-0.4, -0.2) is 67.8 Å². The van der Waals surface area contributed by atoms with Gasteiger partial charge in [0.05, 0.1) is 6.61 Å². The predicted molar refractivity (Wildman–Crippen MR) is 72.6 cm³/mol. The Morgan fingerprint density at radius 3 is 2.72 bits per heavy atom. The highest BCUT2D eigenvalue weighted by molar-refractivity contribution is 4.88. The van der Waals surface area contributed by atoms with E-state index < -0.39 is 0 Å². The van der Waals surface area contributed by atoms with Gasteiger partial charge in [0.25, 0.3) is 0 Å². The Morgan fingerprint density at radius 1 is 1.17 bits per heavy atom. The van der Waals surface area contributed by atoms with Gasteiger partial charge in [-0.25, -0.2) is 0 Å². The number of nitrogens with two attached hydrogens (primary N) is 1. The molecular weight excluding hydrogens is 226 g/mol. The summed E-state index contributed by atoms with van der Waals surface area (Å²) in [5.74, 6) is 0.593. The van der Waals surface area contributed by atoms with Gasteiger partial charge in [-0.1, -0.05) is 0 Å². The van der Waals surface area contributed by atoms with Gasteiger partial charge in [0, 0.05) is 37.7 Å². The topological polar surface area (TPSA) is 41.7 Å². The molecule has 3 rings (SSSR count). The summed E-state index contributed by atoms with van der Waals surface area (Å²) in [4.78, 5) is 5.26.